The van der Waals surface area contributed by atoms with Crippen molar-refractivity contribution in [1.82, 2.24) is 16.0 Å². The van der Waals surface area contributed by atoms with Crippen molar-refractivity contribution in [3.8, 4) is 0 Å². The molecule has 1 heterocycles. The van der Waals surface area contributed by atoms with Crippen LogP contribution in [0.3, 0.4) is 0 Å². The van der Waals surface area contributed by atoms with E-state index < -0.39 is 24.1 Å². The molecule has 1 saturated heterocycles. The van der Waals surface area contributed by atoms with E-state index in [-0.39, 0.29) is 24.9 Å². The first kappa shape index (κ1) is 25.0. The van der Waals surface area contributed by atoms with Crippen LogP contribution < -0.4 is 16.0 Å². The Bertz CT molecular complexity index is 843. The Kier molecular flexibility index (Phi) is 9.54. The maximum atomic E-state index is 13.0. The Morgan fingerprint density at radius 2 is 1.88 bits per heavy atom. The molecule has 0 spiro atoms. The van der Waals surface area contributed by atoms with Gasteiger partial charge in [-0.3, -0.25) is 9.59 Å². The largest absolute Gasteiger partial charge is 0.445 e. The van der Waals surface area contributed by atoms with Gasteiger partial charge in [-0.15, -0.1) is 0 Å². The number of hydrogen-bond acceptors (Lipinski definition) is 5. The summed E-state index contributed by atoms with van der Waals surface area (Å²) < 4.78 is 5.29. The molecule has 3 amide bonds. The standard InChI is InChI=1S/C24H32ClN3O5/c25-20-9-5-4-8-18(20)15-33-24(32)28-21(12-16-6-2-1-3-7-16)23(31)27-19(14-29)13-17-10-11-26-22(17)30/h4-5,8-9,14,16-17,19,21H,1-3,6-7,10-13,15H2,(H,26,30)(H,27,31)(H,28,32)/t17-,19-,21-/m0/s1. The summed E-state index contributed by atoms with van der Waals surface area (Å²) in [6, 6.07) is 5.44. The molecule has 0 unspecified atom stereocenters. The van der Waals surface area contributed by atoms with Crippen LogP contribution in [0.25, 0.3) is 0 Å². The molecule has 180 valence electrons. The van der Waals surface area contributed by atoms with E-state index >= 15 is 0 Å². The monoisotopic (exact) mass is 477 g/mol. The van der Waals surface area contributed by atoms with E-state index in [0.717, 1.165) is 25.7 Å². The van der Waals surface area contributed by atoms with Crippen LogP contribution in [0, 0.1) is 11.8 Å². The Morgan fingerprint density at radius 1 is 1.12 bits per heavy atom. The van der Waals surface area contributed by atoms with Gasteiger partial charge in [0.25, 0.3) is 0 Å². The molecular formula is C24H32ClN3O5. The molecule has 2 aliphatic rings. The summed E-state index contributed by atoms with van der Waals surface area (Å²) in [7, 11) is 0. The molecule has 1 saturated carbocycles. The van der Waals surface area contributed by atoms with Gasteiger partial charge in [0, 0.05) is 23.0 Å². The molecule has 1 aromatic rings. The van der Waals surface area contributed by atoms with Crippen LogP contribution in [0.2, 0.25) is 5.02 Å². The summed E-state index contributed by atoms with van der Waals surface area (Å²) in [5.74, 6) is -0.526. The van der Waals surface area contributed by atoms with Crippen LogP contribution in [0.1, 0.15) is 56.9 Å². The second kappa shape index (κ2) is 12.6. The fourth-order valence-corrected chi connectivity index (χ4v) is 4.73. The molecule has 3 rings (SSSR count). The topological polar surface area (TPSA) is 114 Å². The van der Waals surface area contributed by atoms with E-state index in [4.69, 9.17) is 16.3 Å². The molecule has 8 nitrogen and oxygen atoms in total. The zero-order valence-corrected chi connectivity index (χ0v) is 19.4. The number of ether oxygens (including phenoxy) is 1. The predicted octanol–water partition coefficient (Wildman–Crippen LogP) is 3.12. The second-order valence-corrected chi connectivity index (χ2v) is 9.27. The van der Waals surface area contributed by atoms with Crippen molar-refractivity contribution in [3.63, 3.8) is 0 Å². The lowest BCUT2D eigenvalue weighted by Crippen LogP contribution is -2.51. The predicted molar refractivity (Wildman–Crippen MR) is 123 cm³/mol. The Hall–Kier alpha value is -2.61. The fraction of sp³-hybridized carbons (Fsp3) is 0.583. The van der Waals surface area contributed by atoms with Gasteiger partial charge in [0.2, 0.25) is 11.8 Å². The summed E-state index contributed by atoms with van der Waals surface area (Å²) >= 11 is 6.11. The van der Waals surface area contributed by atoms with Crippen LogP contribution in [0.15, 0.2) is 24.3 Å². The highest BCUT2D eigenvalue weighted by Gasteiger charge is 2.31. The van der Waals surface area contributed by atoms with Crippen molar-refractivity contribution >= 4 is 35.8 Å². The molecule has 33 heavy (non-hydrogen) atoms. The van der Waals surface area contributed by atoms with E-state index in [9.17, 15) is 19.2 Å². The molecule has 1 aliphatic carbocycles. The number of benzene rings is 1. The molecule has 0 bridgehead atoms. The van der Waals surface area contributed by atoms with Crippen molar-refractivity contribution < 1.29 is 23.9 Å². The number of carbonyl (C=O) groups excluding carboxylic acids is 4. The second-order valence-electron chi connectivity index (χ2n) is 8.87. The lowest BCUT2D eigenvalue weighted by Gasteiger charge is -2.27. The number of halogens is 1. The molecule has 1 aliphatic heterocycles. The molecule has 3 atom stereocenters. The minimum absolute atomic E-state index is 0.0168. The summed E-state index contributed by atoms with van der Waals surface area (Å²) in [5, 5.41) is 8.62. The van der Waals surface area contributed by atoms with Gasteiger partial charge in [-0.25, -0.2) is 4.79 Å². The number of alkyl carbamates (subject to hydrolysis) is 1. The maximum absolute atomic E-state index is 13.0. The molecule has 0 radical (unpaired) electrons. The van der Waals surface area contributed by atoms with Crippen LogP contribution in [0.5, 0.6) is 0 Å². The maximum Gasteiger partial charge on any atom is 0.408 e. The van der Waals surface area contributed by atoms with Crippen molar-refractivity contribution in [3.05, 3.63) is 34.9 Å². The van der Waals surface area contributed by atoms with Crippen molar-refractivity contribution in [2.24, 2.45) is 11.8 Å². The quantitative estimate of drug-likeness (QED) is 0.448. The highest BCUT2D eigenvalue weighted by molar-refractivity contribution is 6.31. The minimum Gasteiger partial charge on any atom is -0.445 e. The van der Waals surface area contributed by atoms with Gasteiger partial charge in [0.15, 0.2) is 0 Å². The van der Waals surface area contributed by atoms with Crippen molar-refractivity contribution in [1.29, 1.82) is 0 Å². The highest BCUT2D eigenvalue weighted by Crippen LogP contribution is 2.27. The van der Waals surface area contributed by atoms with Gasteiger partial charge < -0.3 is 25.5 Å². The number of nitrogens with one attached hydrogen (secondary N) is 3. The Morgan fingerprint density at radius 3 is 2.55 bits per heavy atom. The van der Waals surface area contributed by atoms with E-state index in [0.29, 0.717) is 42.2 Å². The molecule has 1 aromatic carbocycles. The summed E-state index contributed by atoms with van der Waals surface area (Å²) in [5.41, 5.74) is 0.665. The Labute approximate surface area is 199 Å². The number of aldehydes is 1. The summed E-state index contributed by atoms with van der Waals surface area (Å²) in [4.78, 5) is 49.0. The van der Waals surface area contributed by atoms with E-state index in [2.05, 4.69) is 16.0 Å². The smallest absolute Gasteiger partial charge is 0.408 e. The van der Waals surface area contributed by atoms with E-state index in [1.165, 1.54) is 6.42 Å². The lowest BCUT2D eigenvalue weighted by molar-refractivity contribution is -0.127. The van der Waals surface area contributed by atoms with Crippen LogP contribution in [-0.2, 0) is 25.7 Å². The number of amides is 3. The summed E-state index contributed by atoms with van der Waals surface area (Å²) in [6.45, 7) is 0.559. The van der Waals surface area contributed by atoms with Gasteiger partial charge in [-0.05, 0) is 31.2 Å². The first-order valence-corrected chi connectivity index (χ1v) is 12.0. The number of hydrogen-bond donors (Lipinski definition) is 3. The zero-order chi connectivity index (χ0) is 23.6. The van der Waals surface area contributed by atoms with E-state index in [1.807, 2.05) is 0 Å². The van der Waals surface area contributed by atoms with Gasteiger partial charge in [0.05, 0.1) is 6.04 Å². The normalized spacial score (nSPS) is 20.4. The SMILES string of the molecule is O=C[C@H](C[C@@H]1CCNC1=O)NC(=O)[C@H](CC1CCCCC1)NC(=O)OCc1ccccc1Cl. The Balaban J connectivity index is 1.59. The highest BCUT2D eigenvalue weighted by atomic mass is 35.5. The molecular weight excluding hydrogens is 446 g/mol. The van der Waals surface area contributed by atoms with Gasteiger partial charge in [-0.2, -0.15) is 0 Å². The van der Waals surface area contributed by atoms with Crippen LogP contribution in [0.4, 0.5) is 4.79 Å². The first-order chi connectivity index (χ1) is 16.0. The average molecular weight is 478 g/mol. The van der Waals surface area contributed by atoms with Gasteiger partial charge in [-0.1, -0.05) is 61.9 Å². The van der Waals surface area contributed by atoms with Crippen molar-refractivity contribution in [2.45, 2.75) is 70.1 Å². The lowest BCUT2D eigenvalue weighted by atomic mass is 9.84. The number of carbonyl (C=O) groups is 4. The molecule has 9 heteroatoms. The van der Waals surface area contributed by atoms with Crippen molar-refractivity contribution in [2.75, 3.05) is 6.54 Å². The minimum atomic E-state index is -0.827. The molecule has 3 N–H and O–H groups in total. The van der Waals surface area contributed by atoms with Crippen LogP contribution in [-0.4, -0.2) is 42.8 Å². The average Bonchev–Trinajstić information content (AvgIpc) is 3.22. The fourth-order valence-electron chi connectivity index (χ4n) is 4.54. The summed E-state index contributed by atoms with van der Waals surface area (Å²) in [6.07, 6.45) is 6.66. The third-order valence-electron chi connectivity index (χ3n) is 6.41. The third kappa shape index (κ3) is 7.74. The van der Waals surface area contributed by atoms with Gasteiger partial charge in [0.1, 0.15) is 18.9 Å². The first-order valence-electron chi connectivity index (χ1n) is 11.7. The zero-order valence-electron chi connectivity index (χ0n) is 18.7. The van der Waals surface area contributed by atoms with E-state index in [1.54, 1.807) is 24.3 Å². The molecule has 0 aromatic heterocycles. The third-order valence-corrected chi connectivity index (χ3v) is 6.78. The van der Waals surface area contributed by atoms with Gasteiger partial charge >= 0.3 is 6.09 Å². The van der Waals surface area contributed by atoms with Crippen LogP contribution >= 0.6 is 11.6 Å². The molecule has 2 fully saturated rings. The number of rotatable bonds is 10.